The second kappa shape index (κ2) is 12.7. The summed E-state index contributed by atoms with van der Waals surface area (Å²) in [4.78, 5) is 28.2. The normalized spacial score (nSPS) is 11.4. The minimum atomic E-state index is -0.713. The molecule has 0 aliphatic carbocycles. The summed E-state index contributed by atoms with van der Waals surface area (Å²) in [6.45, 7) is 2.34. The van der Waals surface area contributed by atoms with Gasteiger partial charge in [-0.3, -0.25) is 9.59 Å². The molecule has 178 valence electrons. The molecule has 1 N–H and O–H groups in total. The van der Waals surface area contributed by atoms with E-state index in [1.165, 1.54) is 0 Å². The highest BCUT2D eigenvalue weighted by Crippen LogP contribution is 2.20. The van der Waals surface area contributed by atoms with Gasteiger partial charge in [0.2, 0.25) is 5.91 Å². The lowest BCUT2D eigenvalue weighted by molar-refractivity contribution is -0.142. The predicted octanol–water partition coefficient (Wildman–Crippen LogP) is 4.50. The lowest BCUT2D eigenvalue weighted by Gasteiger charge is -2.31. The molecule has 34 heavy (non-hydrogen) atoms. The zero-order valence-electron chi connectivity index (χ0n) is 19.4. The third-order valence-electron chi connectivity index (χ3n) is 5.29. The summed E-state index contributed by atoms with van der Waals surface area (Å²) in [5, 5.41) is 3.46. The van der Waals surface area contributed by atoms with E-state index in [4.69, 9.17) is 21.1 Å². The van der Waals surface area contributed by atoms with Gasteiger partial charge in [0.1, 0.15) is 17.5 Å². The van der Waals surface area contributed by atoms with Crippen molar-refractivity contribution in [3.05, 3.63) is 95.0 Å². The number of carbonyl (C=O) groups is 2. The molecule has 0 spiro atoms. The number of halogens is 1. The van der Waals surface area contributed by atoms with Crippen molar-refractivity contribution < 1.29 is 19.1 Å². The van der Waals surface area contributed by atoms with Gasteiger partial charge in [-0.15, -0.1) is 0 Å². The standard InChI is InChI=1S/C27H29ClN2O4/c1-3-29-27(32)25(17-20-8-5-4-6-9-20)30(18-21-10-7-11-24(16-21)33-2)26(31)19-34-23-14-12-22(28)13-15-23/h4-16,25H,3,17-19H2,1-2H3,(H,29,32). The molecule has 0 aromatic heterocycles. The number of benzene rings is 3. The Bertz CT molecular complexity index is 1070. The second-order valence-corrected chi connectivity index (χ2v) is 8.15. The van der Waals surface area contributed by atoms with Crippen molar-refractivity contribution in [1.82, 2.24) is 10.2 Å². The number of carbonyl (C=O) groups excluding carboxylic acids is 2. The van der Waals surface area contributed by atoms with E-state index in [1.54, 1.807) is 36.3 Å². The topological polar surface area (TPSA) is 67.9 Å². The second-order valence-electron chi connectivity index (χ2n) is 7.72. The Hall–Kier alpha value is -3.51. The summed E-state index contributed by atoms with van der Waals surface area (Å²) in [6, 6.07) is 23.2. The molecule has 0 fully saturated rings. The number of likely N-dealkylation sites (N-methyl/N-ethyl adjacent to an activating group) is 1. The third-order valence-corrected chi connectivity index (χ3v) is 5.54. The van der Waals surface area contributed by atoms with Crippen LogP contribution in [0.25, 0.3) is 0 Å². The highest BCUT2D eigenvalue weighted by atomic mass is 35.5. The molecule has 1 atom stereocenters. The highest BCUT2D eigenvalue weighted by Gasteiger charge is 2.30. The molecule has 3 aromatic carbocycles. The maximum Gasteiger partial charge on any atom is 0.261 e. The van der Waals surface area contributed by atoms with Crippen molar-refractivity contribution in [3.8, 4) is 11.5 Å². The molecule has 0 saturated carbocycles. The minimum absolute atomic E-state index is 0.212. The number of rotatable bonds is 11. The number of nitrogens with zero attached hydrogens (tertiary/aromatic N) is 1. The Morgan fingerprint density at radius 2 is 1.65 bits per heavy atom. The Morgan fingerprint density at radius 3 is 2.32 bits per heavy atom. The average Bonchev–Trinajstić information content (AvgIpc) is 2.86. The van der Waals surface area contributed by atoms with Gasteiger partial charge in [0.15, 0.2) is 6.61 Å². The quantitative estimate of drug-likeness (QED) is 0.438. The van der Waals surface area contributed by atoms with Crippen LogP contribution in [0.2, 0.25) is 5.02 Å². The van der Waals surface area contributed by atoms with Gasteiger partial charge in [-0.05, 0) is 54.4 Å². The highest BCUT2D eigenvalue weighted by molar-refractivity contribution is 6.30. The molecule has 0 aliphatic rings. The molecule has 0 saturated heterocycles. The molecule has 1 unspecified atom stereocenters. The molecule has 3 rings (SSSR count). The summed E-state index contributed by atoms with van der Waals surface area (Å²) in [5.74, 6) is 0.690. The van der Waals surface area contributed by atoms with Gasteiger partial charge in [-0.2, -0.15) is 0 Å². The molecule has 0 bridgehead atoms. The molecule has 3 aromatic rings. The first-order valence-corrected chi connectivity index (χ1v) is 11.5. The van der Waals surface area contributed by atoms with Gasteiger partial charge >= 0.3 is 0 Å². The number of methoxy groups -OCH3 is 1. The molecule has 2 amide bonds. The van der Waals surface area contributed by atoms with Crippen LogP contribution in [-0.4, -0.2) is 43.0 Å². The lowest BCUT2D eigenvalue weighted by atomic mass is 10.0. The molecule has 0 radical (unpaired) electrons. The van der Waals surface area contributed by atoms with Crippen LogP contribution in [0.3, 0.4) is 0 Å². The number of ether oxygens (including phenoxy) is 2. The Morgan fingerprint density at radius 1 is 0.941 bits per heavy atom. The minimum Gasteiger partial charge on any atom is -0.497 e. The van der Waals surface area contributed by atoms with E-state index in [1.807, 2.05) is 61.5 Å². The SMILES string of the molecule is CCNC(=O)C(Cc1ccccc1)N(Cc1cccc(OC)c1)C(=O)COc1ccc(Cl)cc1. The van der Waals surface area contributed by atoms with E-state index in [-0.39, 0.29) is 25.0 Å². The number of hydrogen-bond donors (Lipinski definition) is 1. The summed E-state index contributed by atoms with van der Waals surface area (Å²) in [6.07, 6.45) is 0.378. The summed E-state index contributed by atoms with van der Waals surface area (Å²) in [5.41, 5.74) is 1.81. The number of amides is 2. The van der Waals surface area contributed by atoms with E-state index in [2.05, 4.69) is 5.32 Å². The zero-order valence-corrected chi connectivity index (χ0v) is 20.1. The molecule has 0 heterocycles. The van der Waals surface area contributed by atoms with E-state index >= 15 is 0 Å². The van der Waals surface area contributed by atoms with Crippen molar-refractivity contribution in [3.63, 3.8) is 0 Å². The van der Waals surface area contributed by atoms with E-state index in [0.717, 1.165) is 11.1 Å². The Labute approximate surface area is 205 Å². The smallest absolute Gasteiger partial charge is 0.261 e. The van der Waals surface area contributed by atoms with Crippen LogP contribution < -0.4 is 14.8 Å². The molecular weight excluding hydrogens is 452 g/mol. The molecule has 6 nitrogen and oxygen atoms in total. The van der Waals surface area contributed by atoms with Gasteiger partial charge in [0, 0.05) is 24.5 Å². The van der Waals surface area contributed by atoms with E-state index in [0.29, 0.717) is 29.5 Å². The lowest BCUT2D eigenvalue weighted by Crippen LogP contribution is -2.51. The monoisotopic (exact) mass is 480 g/mol. The van der Waals surface area contributed by atoms with Gasteiger partial charge < -0.3 is 19.7 Å². The van der Waals surface area contributed by atoms with Crippen molar-refractivity contribution in [2.45, 2.75) is 25.9 Å². The molecule has 7 heteroatoms. The maximum atomic E-state index is 13.4. The first-order valence-electron chi connectivity index (χ1n) is 11.1. The summed E-state index contributed by atoms with van der Waals surface area (Å²) in [7, 11) is 1.59. The molecular formula is C27H29ClN2O4. The van der Waals surface area contributed by atoms with E-state index < -0.39 is 6.04 Å². The fraction of sp³-hybridized carbons (Fsp3) is 0.259. The van der Waals surface area contributed by atoms with Crippen molar-refractivity contribution in [2.24, 2.45) is 0 Å². The number of hydrogen-bond acceptors (Lipinski definition) is 4. The van der Waals surface area contributed by atoms with Crippen molar-refractivity contribution in [1.29, 1.82) is 0 Å². The Kier molecular flexibility index (Phi) is 9.35. The van der Waals surface area contributed by atoms with Gasteiger partial charge in [0.25, 0.3) is 5.91 Å². The zero-order chi connectivity index (χ0) is 24.3. The van der Waals surface area contributed by atoms with Crippen molar-refractivity contribution in [2.75, 3.05) is 20.3 Å². The van der Waals surface area contributed by atoms with E-state index in [9.17, 15) is 9.59 Å². The van der Waals surface area contributed by atoms with Gasteiger partial charge in [-0.1, -0.05) is 54.1 Å². The predicted molar refractivity (Wildman–Crippen MR) is 133 cm³/mol. The molecule has 0 aliphatic heterocycles. The average molecular weight is 481 g/mol. The fourth-order valence-corrected chi connectivity index (χ4v) is 3.70. The van der Waals surface area contributed by atoms with Crippen molar-refractivity contribution >= 4 is 23.4 Å². The Balaban J connectivity index is 1.89. The van der Waals surface area contributed by atoms with Gasteiger partial charge in [-0.25, -0.2) is 0 Å². The summed E-state index contributed by atoms with van der Waals surface area (Å²) < 4.78 is 11.1. The first-order chi connectivity index (χ1) is 16.5. The number of nitrogens with one attached hydrogen (secondary N) is 1. The largest absolute Gasteiger partial charge is 0.497 e. The summed E-state index contributed by atoms with van der Waals surface area (Å²) >= 11 is 5.94. The first kappa shape index (κ1) is 25.1. The van der Waals surface area contributed by atoms with Crippen LogP contribution in [-0.2, 0) is 22.6 Å². The van der Waals surface area contributed by atoms with Crippen LogP contribution >= 0.6 is 11.6 Å². The van der Waals surface area contributed by atoms with Crippen LogP contribution in [0.4, 0.5) is 0 Å². The fourth-order valence-electron chi connectivity index (χ4n) is 3.57. The van der Waals surface area contributed by atoms with Crippen LogP contribution in [0.1, 0.15) is 18.1 Å². The maximum absolute atomic E-state index is 13.4. The third kappa shape index (κ3) is 7.25. The van der Waals surface area contributed by atoms with Crippen LogP contribution in [0.15, 0.2) is 78.9 Å². The van der Waals surface area contributed by atoms with Gasteiger partial charge in [0.05, 0.1) is 7.11 Å². The van der Waals surface area contributed by atoms with Crippen LogP contribution in [0, 0.1) is 0 Å². The van der Waals surface area contributed by atoms with Crippen LogP contribution in [0.5, 0.6) is 11.5 Å².